The number of ether oxygens (including phenoxy) is 1. The number of methoxy groups -OCH3 is 1. The molecule has 1 rings (SSSR count). The molecule has 0 radical (unpaired) electrons. The second-order valence-corrected chi connectivity index (χ2v) is 4.71. The van der Waals surface area contributed by atoms with Crippen molar-refractivity contribution in [2.24, 2.45) is 0 Å². The van der Waals surface area contributed by atoms with Crippen molar-refractivity contribution in [1.82, 2.24) is 0 Å². The lowest BCUT2D eigenvalue weighted by molar-refractivity contribution is 0.0597. The maximum atomic E-state index is 11.4. The number of phenolic OH excluding ortho intramolecular Hbond substituents is 1. The van der Waals surface area contributed by atoms with Crippen LogP contribution >= 0.6 is 22.6 Å². The molecule has 0 aliphatic carbocycles. The van der Waals surface area contributed by atoms with E-state index in [1.165, 1.54) is 7.11 Å². The summed E-state index contributed by atoms with van der Waals surface area (Å²) in [7, 11) is 1.29. The van der Waals surface area contributed by atoms with Gasteiger partial charge in [-0.1, -0.05) is 12.2 Å². The van der Waals surface area contributed by atoms with Crippen molar-refractivity contribution in [2.45, 2.75) is 13.3 Å². The smallest absolute Gasteiger partial charge is 0.341 e. The molecule has 0 saturated heterocycles. The Balaban J connectivity index is 3.26. The van der Waals surface area contributed by atoms with Crippen LogP contribution in [-0.2, 0) is 11.2 Å². The largest absolute Gasteiger partial charge is 0.507 e. The van der Waals surface area contributed by atoms with E-state index < -0.39 is 5.97 Å². The topological polar surface area (TPSA) is 46.5 Å². The van der Waals surface area contributed by atoms with E-state index in [-0.39, 0.29) is 11.3 Å². The summed E-state index contributed by atoms with van der Waals surface area (Å²) in [5.41, 5.74) is 1.84. The average Bonchev–Trinajstić information content (AvgIpc) is 2.23. The number of esters is 1. The Kier molecular flexibility index (Phi) is 4.35. The van der Waals surface area contributed by atoms with Crippen LogP contribution in [0.5, 0.6) is 5.75 Å². The van der Waals surface area contributed by atoms with Gasteiger partial charge in [-0.05, 0) is 48.1 Å². The molecule has 86 valence electrons. The molecule has 1 aromatic rings. The van der Waals surface area contributed by atoms with E-state index in [0.29, 0.717) is 6.42 Å². The van der Waals surface area contributed by atoms with Crippen LogP contribution in [0.1, 0.15) is 22.8 Å². The molecule has 0 amide bonds. The van der Waals surface area contributed by atoms with Crippen molar-refractivity contribution in [3.63, 3.8) is 0 Å². The summed E-state index contributed by atoms with van der Waals surface area (Å²) in [5.74, 6) is -0.543. The van der Waals surface area contributed by atoms with Crippen LogP contribution in [0.2, 0.25) is 0 Å². The fraction of sp³-hybridized carbons (Fsp3) is 0.250. The van der Waals surface area contributed by atoms with Crippen LogP contribution in [0.25, 0.3) is 0 Å². The number of aromatic hydroxyl groups is 1. The normalized spacial score (nSPS) is 9.94. The Morgan fingerprint density at radius 3 is 2.69 bits per heavy atom. The highest BCUT2D eigenvalue weighted by atomic mass is 127. The third-order valence-corrected chi connectivity index (χ3v) is 3.12. The lowest BCUT2D eigenvalue weighted by Crippen LogP contribution is -2.04. The van der Waals surface area contributed by atoms with Crippen molar-refractivity contribution in [2.75, 3.05) is 7.11 Å². The SMILES string of the molecule is C=C(C)Cc1c(I)ccc(C(=O)OC)c1O. The average molecular weight is 332 g/mol. The number of allylic oxidation sites excluding steroid dienone is 1. The van der Waals surface area contributed by atoms with Crippen LogP contribution in [0.3, 0.4) is 0 Å². The maximum absolute atomic E-state index is 11.4. The predicted octanol–water partition coefficient (Wildman–Crippen LogP) is 2.90. The Bertz CT molecular complexity index is 438. The predicted molar refractivity (Wildman–Crippen MR) is 70.7 cm³/mol. The zero-order valence-electron chi connectivity index (χ0n) is 9.21. The van der Waals surface area contributed by atoms with Gasteiger partial charge in [0.25, 0.3) is 0 Å². The molecule has 0 spiro atoms. The van der Waals surface area contributed by atoms with Crippen molar-refractivity contribution in [1.29, 1.82) is 0 Å². The molecule has 0 atom stereocenters. The minimum atomic E-state index is -0.531. The molecule has 3 nitrogen and oxygen atoms in total. The molecule has 4 heteroatoms. The standard InChI is InChI=1S/C12H13IO3/c1-7(2)6-9-10(13)5-4-8(11(9)14)12(15)16-3/h4-5,14H,1,6H2,2-3H3. The van der Waals surface area contributed by atoms with Crippen molar-refractivity contribution >= 4 is 28.6 Å². The quantitative estimate of drug-likeness (QED) is 0.526. The lowest BCUT2D eigenvalue weighted by Gasteiger charge is -2.10. The number of benzene rings is 1. The van der Waals surface area contributed by atoms with E-state index in [1.807, 2.05) is 6.92 Å². The van der Waals surface area contributed by atoms with Gasteiger partial charge in [-0.15, -0.1) is 0 Å². The van der Waals surface area contributed by atoms with Gasteiger partial charge in [0.05, 0.1) is 7.11 Å². The molecule has 16 heavy (non-hydrogen) atoms. The van der Waals surface area contributed by atoms with Crippen LogP contribution in [0.15, 0.2) is 24.3 Å². The van der Waals surface area contributed by atoms with E-state index in [0.717, 1.165) is 14.7 Å². The maximum Gasteiger partial charge on any atom is 0.341 e. The third-order valence-electron chi connectivity index (χ3n) is 2.11. The fourth-order valence-corrected chi connectivity index (χ4v) is 1.98. The molecule has 0 unspecified atom stereocenters. The van der Waals surface area contributed by atoms with E-state index >= 15 is 0 Å². The molecular formula is C12H13IO3. The molecule has 0 heterocycles. The second-order valence-electron chi connectivity index (χ2n) is 3.55. The number of hydrogen-bond acceptors (Lipinski definition) is 3. The minimum absolute atomic E-state index is 0.0123. The molecule has 0 aliphatic rings. The monoisotopic (exact) mass is 332 g/mol. The first-order chi connectivity index (χ1) is 7.47. The first kappa shape index (κ1) is 13.0. The second kappa shape index (κ2) is 5.34. The summed E-state index contributed by atoms with van der Waals surface area (Å²) in [6.07, 6.45) is 0.551. The van der Waals surface area contributed by atoms with E-state index in [1.54, 1.807) is 12.1 Å². The summed E-state index contributed by atoms with van der Waals surface area (Å²) >= 11 is 2.12. The van der Waals surface area contributed by atoms with E-state index in [9.17, 15) is 9.90 Å². The number of carbonyl (C=O) groups is 1. The van der Waals surface area contributed by atoms with Crippen molar-refractivity contribution < 1.29 is 14.6 Å². The van der Waals surface area contributed by atoms with Gasteiger partial charge in [0.15, 0.2) is 0 Å². The highest BCUT2D eigenvalue weighted by molar-refractivity contribution is 14.1. The van der Waals surface area contributed by atoms with Gasteiger partial charge in [0.1, 0.15) is 11.3 Å². The molecule has 0 saturated carbocycles. The van der Waals surface area contributed by atoms with Gasteiger partial charge in [-0.3, -0.25) is 0 Å². The van der Waals surface area contributed by atoms with Crippen LogP contribution in [0, 0.1) is 3.57 Å². The Morgan fingerprint density at radius 1 is 1.56 bits per heavy atom. The summed E-state index contributed by atoms with van der Waals surface area (Å²) in [4.78, 5) is 11.4. The highest BCUT2D eigenvalue weighted by Crippen LogP contribution is 2.29. The molecule has 0 fully saturated rings. The molecule has 1 N–H and O–H groups in total. The van der Waals surface area contributed by atoms with Gasteiger partial charge in [-0.2, -0.15) is 0 Å². The first-order valence-corrected chi connectivity index (χ1v) is 5.78. The lowest BCUT2D eigenvalue weighted by atomic mass is 10.0. The Hall–Kier alpha value is -1.04. The van der Waals surface area contributed by atoms with Crippen molar-refractivity contribution in [3.05, 3.63) is 39.0 Å². The zero-order chi connectivity index (χ0) is 12.3. The van der Waals surface area contributed by atoms with Crippen LogP contribution in [-0.4, -0.2) is 18.2 Å². The number of halogens is 1. The summed E-state index contributed by atoms with van der Waals surface area (Å²) in [6.45, 7) is 5.67. The molecular weight excluding hydrogens is 319 g/mol. The fourth-order valence-electron chi connectivity index (χ4n) is 1.36. The minimum Gasteiger partial charge on any atom is -0.507 e. The Labute approximate surface area is 108 Å². The number of hydrogen-bond donors (Lipinski definition) is 1. The van der Waals surface area contributed by atoms with Crippen molar-refractivity contribution in [3.8, 4) is 5.75 Å². The number of phenols is 1. The molecule has 0 aromatic heterocycles. The summed E-state index contributed by atoms with van der Waals surface area (Å²) in [6, 6.07) is 3.34. The highest BCUT2D eigenvalue weighted by Gasteiger charge is 2.16. The Morgan fingerprint density at radius 2 is 2.19 bits per heavy atom. The van der Waals surface area contributed by atoms with Crippen LogP contribution < -0.4 is 0 Å². The third kappa shape index (κ3) is 2.75. The number of rotatable bonds is 3. The number of carbonyl (C=O) groups excluding carboxylic acids is 1. The first-order valence-electron chi connectivity index (χ1n) is 4.70. The van der Waals surface area contributed by atoms with E-state index in [2.05, 4.69) is 33.9 Å². The zero-order valence-corrected chi connectivity index (χ0v) is 11.4. The molecule has 1 aromatic carbocycles. The van der Waals surface area contributed by atoms with E-state index in [4.69, 9.17) is 0 Å². The summed E-state index contributed by atoms with van der Waals surface area (Å²) < 4.78 is 5.50. The van der Waals surface area contributed by atoms with Gasteiger partial charge in [0.2, 0.25) is 0 Å². The molecule has 0 aliphatic heterocycles. The van der Waals surface area contributed by atoms with Gasteiger partial charge < -0.3 is 9.84 Å². The van der Waals surface area contributed by atoms with Gasteiger partial charge in [0, 0.05) is 9.13 Å². The summed E-state index contributed by atoms with van der Waals surface area (Å²) in [5, 5.41) is 9.97. The van der Waals surface area contributed by atoms with Crippen LogP contribution in [0.4, 0.5) is 0 Å². The van der Waals surface area contributed by atoms with Gasteiger partial charge >= 0.3 is 5.97 Å². The van der Waals surface area contributed by atoms with Gasteiger partial charge in [-0.25, -0.2) is 4.79 Å². The molecule has 0 bridgehead atoms.